The van der Waals surface area contributed by atoms with Gasteiger partial charge in [0.25, 0.3) is 0 Å². The van der Waals surface area contributed by atoms with E-state index >= 15 is 0 Å². The van der Waals surface area contributed by atoms with E-state index in [4.69, 9.17) is 23.2 Å². The summed E-state index contributed by atoms with van der Waals surface area (Å²) in [4.78, 5) is 2.50. The molecule has 1 aliphatic rings. The molecule has 0 spiro atoms. The van der Waals surface area contributed by atoms with E-state index in [0.717, 1.165) is 43.2 Å². The fourth-order valence-electron chi connectivity index (χ4n) is 3.07. The first-order valence-corrected chi connectivity index (χ1v) is 8.46. The van der Waals surface area contributed by atoms with E-state index in [1.54, 1.807) is 0 Å². The number of benzene rings is 2. The topological polar surface area (TPSA) is 15.3 Å². The van der Waals surface area contributed by atoms with Crippen LogP contribution in [0.4, 0.5) is 0 Å². The van der Waals surface area contributed by atoms with Gasteiger partial charge >= 0.3 is 0 Å². The first kappa shape index (κ1) is 15.8. The number of nitrogens with one attached hydrogen (secondary N) is 1. The Bertz CT molecular complexity index is 608. The van der Waals surface area contributed by atoms with E-state index in [1.807, 2.05) is 18.2 Å². The summed E-state index contributed by atoms with van der Waals surface area (Å²) >= 11 is 12.6. The van der Waals surface area contributed by atoms with Crippen LogP contribution in [0.2, 0.25) is 10.0 Å². The third kappa shape index (κ3) is 3.64. The van der Waals surface area contributed by atoms with Crippen molar-refractivity contribution in [2.75, 3.05) is 26.2 Å². The summed E-state index contributed by atoms with van der Waals surface area (Å²) in [6, 6.07) is 16.6. The summed E-state index contributed by atoms with van der Waals surface area (Å²) in [7, 11) is 0. The standard InChI is InChI=1S/C18H20Cl2N2/c19-15-7-8-16(17(20)13-15)18(14-5-2-1-3-6-14)22-11-4-9-21-10-12-22/h1-3,5-8,13,18,21H,4,9-12H2. The molecule has 1 heterocycles. The van der Waals surface area contributed by atoms with Crippen molar-refractivity contribution in [3.8, 4) is 0 Å². The van der Waals surface area contributed by atoms with Crippen molar-refractivity contribution in [2.45, 2.75) is 12.5 Å². The SMILES string of the molecule is Clc1ccc(C(c2ccccc2)N2CCCNCC2)c(Cl)c1. The fraction of sp³-hybridized carbons (Fsp3) is 0.333. The van der Waals surface area contributed by atoms with Gasteiger partial charge in [-0.1, -0.05) is 59.6 Å². The van der Waals surface area contributed by atoms with Crippen LogP contribution in [0.15, 0.2) is 48.5 Å². The molecule has 0 aromatic heterocycles. The molecule has 1 atom stereocenters. The number of nitrogens with zero attached hydrogens (tertiary/aromatic N) is 1. The average Bonchev–Trinajstić information content (AvgIpc) is 2.80. The molecule has 2 aromatic rings. The predicted octanol–water partition coefficient (Wildman–Crippen LogP) is 4.38. The van der Waals surface area contributed by atoms with E-state index in [-0.39, 0.29) is 6.04 Å². The number of halogens is 2. The predicted molar refractivity (Wildman–Crippen MR) is 93.8 cm³/mol. The molecule has 1 aliphatic heterocycles. The van der Waals surface area contributed by atoms with Crippen molar-refractivity contribution in [3.05, 3.63) is 69.7 Å². The molecule has 4 heteroatoms. The molecule has 1 N–H and O–H groups in total. The van der Waals surface area contributed by atoms with Crippen LogP contribution in [0.25, 0.3) is 0 Å². The first-order chi connectivity index (χ1) is 10.8. The van der Waals surface area contributed by atoms with Gasteiger partial charge < -0.3 is 5.32 Å². The summed E-state index contributed by atoms with van der Waals surface area (Å²) in [5, 5.41) is 4.88. The van der Waals surface area contributed by atoms with Crippen molar-refractivity contribution in [3.63, 3.8) is 0 Å². The van der Waals surface area contributed by atoms with Crippen molar-refractivity contribution in [1.29, 1.82) is 0 Å². The zero-order valence-electron chi connectivity index (χ0n) is 12.4. The van der Waals surface area contributed by atoms with Crippen LogP contribution in [-0.4, -0.2) is 31.1 Å². The maximum Gasteiger partial charge on any atom is 0.0616 e. The molecule has 2 nitrogen and oxygen atoms in total. The third-order valence-electron chi connectivity index (χ3n) is 4.11. The van der Waals surface area contributed by atoms with Crippen molar-refractivity contribution in [1.82, 2.24) is 10.2 Å². The molecule has 1 fully saturated rings. The minimum absolute atomic E-state index is 0.172. The number of hydrogen-bond donors (Lipinski definition) is 1. The van der Waals surface area contributed by atoms with Crippen molar-refractivity contribution in [2.24, 2.45) is 0 Å². The van der Waals surface area contributed by atoms with Gasteiger partial charge in [0.1, 0.15) is 0 Å². The molecule has 0 saturated carbocycles. The third-order valence-corrected chi connectivity index (χ3v) is 4.67. The molecule has 1 saturated heterocycles. The largest absolute Gasteiger partial charge is 0.315 e. The molecule has 1 unspecified atom stereocenters. The van der Waals surface area contributed by atoms with E-state index in [0.29, 0.717) is 5.02 Å². The van der Waals surface area contributed by atoms with Gasteiger partial charge in [0, 0.05) is 29.7 Å². The smallest absolute Gasteiger partial charge is 0.0616 e. The van der Waals surface area contributed by atoms with Gasteiger partial charge in [0.2, 0.25) is 0 Å². The first-order valence-electron chi connectivity index (χ1n) is 7.70. The fourth-order valence-corrected chi connectivity index (χ4v) is 3.58. The Morgan fingerprint density at radius 1 is 0.955 bits per heavy atom. The Morgan fingerprint density at radius 3 is 2.55 bits per heavy atom. The highest BCUT2D eigenvalue weighted by Crippen LogP contribution is 2.34. The minimum Gasteiger partial charge on any atom is -0.315 e. The second-order valence-corrected chi connectivity index (χ2v) is 6.46. The summed E-state index contributed by atoms with van der Waals surface area (Å²) in [5.74, 6) is 0. The highest BCUT2D eigenvalue weighted by molar-refractivity contribution is 6.35. The quantitative estimate of drug-likeness (QED) is 0.896. The molecular weight excluding hydrogens is 315 g/mol. The Balaban J connectivity index is 2.02. The molecule has 0 aliphatic carbocycles. The van der Waals surface area contributed by atoms with E-state index < -0.39 is 0 Å². The molecule has 0 amide bonds. The van der Waals surface area contributed by atoms with Gasteiger partial charge in [-0.25, -0.2) is 0 Å². The van der Waals surface area contributed by atoms with Gasteiger partial charge in [-0.05, 0) is 36.2 Å². The second kappa shape index (κ2) is 7.47. The summed E-state index contributed by atoms with van der Waals surface area (Å²) in [6.45, 7) is 4.16. The lowest BCUT2D eigenvalue weighted by atomic mass is 9.96. The minimum atomic E-state index is 0.172. The normalized spacial score (nSPS) is 17.9. The van der Waals surface area contributed by atoms with Crippen LogP contribution in [0.1, 0.15) is 23.6 Å². The van der Waals surface area contributed by atoms with E-state index in [1.165, 1.54) is 5.56 Å². The van der Waals surface area contributed by atoms with Gasteiger partial charge in [-0.3, -0.25) is 4.90 Å². The molecule has 3 rings (SSSR count). The lowest BCUT2D eigenvalue weighted by Gasteiger charge is -2.32. The summed E-state index contributed by atoms with van der Waals surface area (Å²) < 4.78 is 0. The van der Waals surface area contributed by atoms with Crippen LogP contribution in [0, 0.1) is 0 Å². The van der Waals surface area contributed by atoms with Crippen LogP contribution < -0.4 is 5.32 Å². The monoisotopic (exact) mass is 334 g/mol. The van der Waals surface area contributed by atoms with Crippen molar-refractivity contribution >= 4 is 23.2 Å². The highest BCUT2D eigenvalue weighted by atomic mass is 35.5. The lowest BCUT2D eigenvalue weighted by Crippen LogP contribution is -2.33. The Labute approximate surface area is 142 Å². The Hall–Kier alpha value is -1.06. The van der Waals surface area contributed by atoms with E-state index in [9.17, 15) is 0 Å². The van der Waals surface area contributed by atoms with Crippen LogP contribution in [0.3, 0.4) is 0 Å². The highest BCUT2D eigenvalue weighted by Gasteiger charge is 2.24. The molecular formula is C18H20Cl2N2. The molecule has 0 bridgehead atoms. The van der Waals surface area contributed by atoms with Gasteiger partial charge in [-0.2, -0.15) is 0 Å². The molecule has 22 heavy (non-hydrogen) atoms. The van der Waals surface area contributed by atoms with E-state index in [2.05, 4.69) is 40.5 Å². The maximum absolute atomic E-state index is 6.51. The van der Waals surface area contributed by atoms with Crippen LogP contribution in [0.5, 0.6) is 0 Å². The maximum atomic E-state index is 6.51. The molecule has 2 aromatic carbocycles. The number of rotatable bonds is 3. The molecule has 0 radical (unpaired) electrons. The van der Waals surface area contributed by atoms with Gasteiger partial charge in [0.05, 0.1) is 6.04 Å². The average molecular weight is 335 g/mol. The van der Waals surface area contributed by atoms with Gasteiger partial charge in [0.15, 0.2) is 0 Å². The summed E-state index contributed by atoms with van der Waals surface area (Å²) in [6.07, 6.45) is 1.15. The Kier molecular flexibility index (Phi) is 5.37. The van der Waals surface area contributed by atoms with Crippen LogP contribution >= 0.6 is 23.2 Å². The number of hydrogen-bond acceptors (Lipinski definition) is 2. The molecule has 116 valence electrons. The zero-order chi connectivity index (χ0) is 15.4. The van der Waals surface area contributed by atoms with Crippen LogP contribution in [-0.2, 0) is 0 Å². The van der Waals surface area contributed by atoms with Crippen molar-refractivity contribution < 1.29 is 0 Å². The van der Waals surface area contributed by atoms with Gasteiger partial charge in [-0.15, -0.1) is 0 Å². The Morgan fingerprint density at radius 2 is 1.77 bits per heavy atom. The lowest BCUT2D eigenvalue weighted by molar-refractivity contribution is 0.241. The zero-order valence-corrected chi connectivity index (χ0v) is 13.9. The second-order valence-electron chi connectivity index (χ2n) is 5.62. The summed E-state index contributed by atoms with van der Waals surface area (Å²) in [5.41, 5.74) is 2.40.